The van der Waals surface area contributed by atoms with Gasteiger partial charge in [-0.05, 0) is 12.8 Å². The third-order valence-corrected chi connectivity index (χ3v) is 2.33. The molecule has 0 aromatic carbocycles. The highest BCUT2D eigenvalue weighted by molar-refractivity contribution is 4.78. The van der Waals surface area contributed by atoms with Gasteiger partial charge in [-0.25, -0.2) is 0 Å². The van der Waals surface area contributed by atoms with Crippen molar-refractivity contribution < 1.29 is 5.11 Å². The first-order chi connectivity index (χ1) is 5.36. The van der Waals surface area contributed by atoms with E-state index in [4.69, 9.17) is 10.8 Å². The smallest absolute Gasteiger partial charge is 0.0597 e. The first-order valence-electron chi connectivity index (χ1n) is 4.43. The van der Waals surface area contributed by atoms with Crippen molar-refractivity contribution >= 4 is 0 Å². The summed E-state index contributed by atoms with van der Waals surface area (Å²) in [6.07, 6.45) is 5.13. The van der Waals surface area contributed by atoms with E-state index in [1.54, 1.807) is 0 Å². The Labute approximate surface area is 68.0 Å². The molecule has 0 heterocycles. The van der Waals surface area contributed by atoms with E-state index in [2.05, 4.69) is 5.32 Å². The summed E-state index contributed by atoms with van der Waals surface area (Å²) in [7, 11) is 0. The average Bonchev–Trinajstić information content (AvgIpc) is 2.52. The topological polar surface area (TPSA) is 58.3 Å². The van der Waals surface area contributed by atoms with Crippen LogP contribution < -0.4 is 11.1 Å². The van der Waals surface area contributed by atoms with E-state index in [0.717, 1.165) is 0 Å². The molecule has 1 saturated carbocycles. The molecular weight excluding hydrogens is 140 g/mol. The van der Waals surface area contributed by atoms with Crippen LogP contribution in [0.1, 0.15) is 25.7 Å². The second-order valence-corrected chi connectivity index (χ2v) is 3.26. The Balaban J connectivity index is 2.16. The fraction of sp³-hybridized carbons (Fsp3) is 1.00. The Hall–Kier alpha value is -0.120. The van der Waals surface area contributed by atoms with Gasteiger partial charge in [-0.15, -0.1) is 0 Å². The van der Waals surface area contributed by atoms with E-state index in [1.807, 2.05) is 0 Å². The van der Waals surface area contributed by atoms with E-state index in [9.17, 15) is 0 Å². The van der Waals surface area contributed by atoms with E-state index in [-0.39, 0.29) is 12.6 Å². The highest BCUT2D eigenvalue weighted by atomic mass is 16.3. The molecule has 0 spiro atoms. The molecule has 0 radical (unpaired) electrons. The first-order valence-corrected chi connectivity index (χ1v) is 4.43. The van der Waals surface area contributed by atoms with Gasteiger partial charge in [0.1, 0.15) is 0 Å². The summed E-state index contributed by atoms with van der Waals surface area (Å²) < 4.78 is 0. The summed E-state index contributed by atoms with van der Waals surface area (Å²) in [6.45, 7) is 0.694. The molecule has 0 bridgehead atoms. The summed E-state index contributed by atoms with van der Waals surface area (Å²) in [5.74, 6) is 0. The Morgan fingerprint density at radius 3 is 2.55 bits per heavy atom. The third kappa shape index (κ3) is 2.77. The number of aliphatic hydroxyl groups is 1. The molecular formula is C8H18N2O. The number of aliphatic hydroxyl groups excluding tert-OH is 1. The number of hydrogen-bond donors (Lipinski definition) is 3. The van der Waals surface area contributed by atoms with E-state index < -0.39 is 0 Å². The van der Waals surface area contributed by atoms with Crippen LogP contribution in [0.2, 0.25) is 0 Å². The average molecular weight is 158 g/mol. The lowest BCUT2D eigenvalue weighted by Crippen LogP contribution is -2.43. The first kappa shape index (κ1) is 8.97. The van der Waals surface area contributed by atoms with Gasteiger partial charge in [-0.2, -0.15) is 0 Å². The van der Waals surface area contributed by atoms with Crippen molar-refractivity contribution in [3.05, 3.63) is 0 Å². The maximum absolute atomic E-state index is 8.84. The van der Waals surface area contributed by atoms with Crippen LogP contribution in [0, 0.1) is 0 Å². The molecule has 0 amide bonds. The minimum atomic E-state index is 0.109. The predicted molar refractivity (Wildman–Crippen MR) is 45.3 cm³/mol. The van der Waals surface area contributed by atoms with Gasteiger partial charge in [0.05, 0.1) is 6.61 Å². The third-order valence-electron chi connectivity index (χ3n) is 2.33. The molecule has 3 heteroatoms. The van der Waals surface area contributed by atoms with Crippen LogP contribution >= 0.6 is 0 Å². The fourth-order valence-electron chi connectivity index (χ4n) is 1.62. The molecule has 0 aliphatic heterocycles. The van der Waals surface area contributed by atoms with Crippen molar-refractivity contribution in [1.29, 1.82) is 0 Å². The largest absolute Gasteiger partial charge is 0.395 e. The molecule has 1 rings (SSSR count). The maximum Gasteiger partial charge on any atom is 0.0597 e. The van der Waals surface area contributed by atoms with Gasteiger partial charge in [-0.3, -0.25) is 0 Å². The number of nitrogens with one attached hydrogen (secondary N) is 1. The lowest BCUT2D eigenvalue weighted by atomic mass is 10.2. The Bertz CT molecular complexity index is 98.3. The molecule has 1 aliphatic rings. The molecule has 1 unspecified atom stereocenters. The lowest BCUT2D eigenvalue weighted by Gasteiger charge is -2.18. The number of hydrogen-bond acceptors (Lipinski definition) is 3. The van der Waals surface area contributed by atoms with Gasteiger partial charge in [0, 0.05) is 18.6 Å². The van der Waals surface area contributed by atoms with Crippen molar-refractivity contribution in [2.75, 3.05) is 13.2 Å². The summed E-state index contributed by atoms with van der Waals surface area (Å²) in [5, 5.41) is 12.2. The zero-order valence-electron chi connectivity index (χ0n) is 6.92. The van der Waals surface area contributed by atoms with Gasteiger partial charge < -0.3 is 16.2 Å². The van der Waals surface area contributed by atoms with Crippen LogP contribution in [0.4, 0.5) is 0 Å². The van der Waals surface area contributed by atoms with Crippen LogP contribution in [0.25, 0.3) is 0 Å². The van der Waals surface area contributed by atoms with Gasteiger partial charge in [0.25, 0.3) is 0 Å². The summed E-state index contributed by atoms with van der Waals surface area (Å²) in [5.41, 5.74) is 5.44. The van der Waals surface area contributed by atoms with Crippen molar-refractivity contribution in [1.82, 2.24) is 5.32 Å². The van der Waals surface area contributed by atoms with E-state index in [1.165, 1.54) is 25.7 Å². The predicted octanol–water partition coefficient (Wildman–Crippen LogP) is -0.162. The second-order valence-electron chi connectivity index (χ2n) is 3.26. The van der Waals surface area contributed by atoms with Crippen LogP contribution in [-0.2, 0) is 0 Å². The van der Waals surface area contributed by atoms with Crippen molar-refractivity contribution in [3.63, 3.8) is 0 Å². The molecule has 0 saturated heterocycles. The Morgan fingerprint density at radius 2 is 2.09 bits per heavy atom. The van der Waals surface area contributed by atoms with Crippen molar-refractivity contribution in [3.8, 4) is 0 Å². The quantitative estimate of drug-likeness (QED) is 0.533. The highest BCUT2D eigenvalue weighted by Crippen LogP contribution is 2.17. The zero-order chi connectivity index (χ0) is 8.10. The molecule has 0 aromatic heterocycles. The molecule has 0 aromatic rings. The van der Waals surface area contributed by atoms with E-state index in [0.29, 0.717) is 12.6 Å². The van der Waals surface area contributed by atoms with Gasteiger partial charge >= 0.3 is 0 Å². The minimum absolute atomic E-state index is 0.109. The standard InChI is InChI=1S/C8H18N2O/c9-5-8(6-11)10-7-3-1-2-4-7/h7-8,10-11H,1-6,9H2. The Morgan fingerprint density at radius 1 is 1.45 bits per heavy atom. The summed E-state index contributed by atoms with van der Waals surface area (Å²) in [4.78, 5) is 0. The molecule has 1 fully saturated rings. The van der Waals surface area contributed by atoms with Crippen LogP contribution in [-0.4, -0.2) is 30.3 Å². The SMILES string of the molecule is NCC(CO)NC1CCCC1. The summed E-state index contributed by atoms with van der Waals surface area (Å²) in [6, 6.07) is 0.716. The van der Waals surface area contributed by atoms with Crippen molar-refractivity contribution in [2.45, 2.75) is 37.8 Å². The zero-order valence-corrected chi connectivity index (χ0v) is 6.92. The number of rotatable bonds is 4. The Kier molecular flexibility index (Phi) is 3.83. The highest BCUT2D eigenvalue weighted by Gasteiger charge is 2.17. The summed E-state index contributed by atoms with van der Waals surface area (Å²) >= 11 is 0. The molecule has 4 N–H and O–H groups in total. The van der Waals surface area contributed by atoms with Crippen LogP contribution in [0.3, 0.4) is 0 Å². The normalized spacial score (nSPS) is 22.4. The maximum atomic E-state index is 8.84. The monoisotopic (exact) mass is 158 g/mol. The second kappa shape index (κ2) is 4.70. The molecule has 66 valence electrons. The lowest BCUT2D eigenvalue weighted by molar-refractivity contribution is 0.234. The van der Waals surface area contributed by atoms with E-state index >= 15 is 0 Å². The van der Waals surface area contributed by atoms with Crippen LogP contribution in [0.5, 0.6) is 0 Å². The van der Waals surface area contributed by atoms with Crippen molar-refractivity contribution in [2.24, 2.45) is 5.73 Å². The molecule has 11 heavy (non-hydrogen) atoms. The fourth-order valence-corrected chi connectivity index (χ4v) is 1.62. The molecule has 3 nitrogen and oxygen atoms in total. The molecule has 1 aliphatic carbocycles. The van der Waals surface area contributed by atoms with Gasteiger partial charge in [0.2, 0.25) is 0 Å². The number of nitrogens with two attached hydrogens (primary N) is 1. The van der Waals surface area contributed by atoms with Gasteiger partial charge in [-0.1, -0.05) is 12.8 Å². The van der Waals surface area contributed by atoms with Crippen LogP contribution in [0.15, 0.2) is 0 Å². The molecule has 1 atom stereocenters. The minimum Gasteiger partial charge on any atom is -0.395 e. The van der Waals surface area contributed by atoms with Gasteiger partial charge in [0.15, 0.2) is 0 Å².